The van der Waals surface area contributed by atoms with Gasteiger partial charge < -0.3 is 23.9 Å². The van der Waals surface area contributed by atoms with Crippen LogP contribution in [-0.4, -0.2) is 26.2 Å². The first-order chi connectivity index (χ1) is 16.1. The molecule has 33 heavy (non-hydrogen) atoms. The fraction of sp³-hybridized carbons (Fsp3) is 0.370. The SMILES string of the molecule is COc1ccc(OC)c2c1[C@@H](c1cccc(NC(=O)c3ccoc3C)c1)O[C@@H]1CCCC[C@@H]21. The maximum Gasteiger partial charge on any atom is 0.259 e. The highest BCUT2D eigenvalue weighted by atomic mass is 16.5. The Morgan fingerprint density at radius 3 is 2.48 bits per heavy atom. The summed E-state index contributed by atoms with van der Waals surface area (Å²) >= 11 is 0. The van der Waals surface area contributed by atoms with Gasteiger partial charge in [0, 0.05) is 22.7 Å². The molecule has 5 rings (SSSR count). The molecule has 0 radical (unpaired) electrons. The molecule has 2 heterocycles. The molecule has 0 unspecified atom stereocenters. The molecule has 172 valence electrons. The molecule has 2 aromatic carbocycles. The third kappa shape index (κ3) is 3.89. The molecule has 1 aliphatic carbocycles. The largest absolute Gasteiger partial charge is 0.496 e. The number of rotatable bonds is 5. The molecule has 1 amide bonds. The Labute approximate surface area is 193 Å². The Morgan fingerprint density at radius 2 is 1.76 bits per heavy atom. The number of carbonyl (C=O) groups excluding carboxylic acids is 1. The van der Waals surface area contributed by atoms with Crippen LogP contribution in [0.25, 0.3) is 0 Å². The zero-order chi connectivity index (χ0) is 22.9. The lowest BCUT2D eigenvalue weighted by atomic mass is 9.75. The average molecular weight is 448 g/mol. The second-order valence-corrected chi connectivity index (χ2v) is 8.71. The third-order valence-corrected chi connectivity index (χ3v) is 6.84. The minimum absolute atomic E-state index is 0.129. The summed E-state index contributed by atoms with van der Waals surface area (Å²) < 4.78 is 23.6. The Hall–Kier alpha value is -3.25. The topological polar surface area (TPSA) is 69.9 Å². The summed E-state index contributed by atoms with van der Waals surface area (Å²) in [5, 5.41) is 2.99. The molecular weight excluding hydrogens is 418 g/mol. The van der Waals surface area contributed by atoms with Gasteiger partial charge >= 0.3 is 0 Å². The van der Waals surface area contributed by atoms with E-state index >= 15 is 0 Å². The van der Waals surface area contributed by atoms with Crippen LogP contribution in [0.1, 0.15) is 70.5 Å². The monoisotopic (exact) mass is 447 g/mol. The lowest BCUT2D eigenvalue weighted by Crippen LogP contribution is -2.34. The van der Waals surface area contributed by atoms with E-state index in [9.17, 15) is 4.79 Å². The van der Waals surface area contributed by atoms with Gasteiger partial charge in [0.05, 0.1) is 32.2 Å². The van der Waals surface area contributed by atoms with Crippen LogP contribution < -0.4 is 14.8 Å². The van der Waals surface area contributed by atoms with Gasteiger partial charge in [-0.2, -0.15) is 0 Å². The Morgan fingerprint density at radius 1 is 1.00 bits per heavy atom. The number of carbonyl (C=O) groups is 1. The van der Waals surface area contributed by atoms with E-state index in [1.807, 2.05) is 36.4 Å². The van der Waals surface area contributed by atoms with Crippen molar-refractivity contribution >= 4 is 11.6 Å². The average Bonchev–Trinajstić information content (AvgIpc) is 3.28. The predicted molar refractivity (Wildman–Crippen MR) is 125 cm³/mol. The van der Waals surface area contributed by atoms with Crippen LogP contribution >= 0.6 is 0 Å². The van der Waals surface area contributed by atoms with Crippen molar-refractivity contribution in [3.63, 3.8) is 0 Å². The van der Waals surface area contributed by atoms with Crippen LogP contribution in [0.2, 0.25) is 0 Å². The summed E-state index contributed by atoms with van der Waals surface area (Å²) in [6.45, 7) is 1.78. The van der Waals surface area contributed by atoms with Gasteiger partial charge in [-0.15, -0.1) is 0 Å². The highest BCUT2D eigenvalue weighted by Gasteiger charge is 2.41. The highest BCUT2D eigenvalue weighted by Crippen LogP contribution is 2.53. The Bertz CT molecular complexity index is 1170. The number of anilines is 1. The molecule has 3 atom stereocenters. The van der Waals surface area contributed by atoms with Crippen molar-refractivity contribution in [2.45, 2.75) is 50.7 Å². The van der Waals surface area contributed by atoms with E-state index in [0.29, 0.717) is 22.9 Å². The molecule has 6 nitrogen and oxygen atoms in total. The van der Waals surface area contributed by atoms with Gasteiger partial charge in [-0.25, -0.2) is 0 Å². The van der Waals surface area contributed by atoms with Crippen LogP contribution in [-0.2, 0) is 4.74 Å². The zero-order valence-corrected chi connectivity index (χ0v) is 19.2. The normalized spacial score (nSPS) is 21.6. The Balaban J connectivity index is 1.55. The van der Waals surface area contributed by atoms with E-state index < -0.39 is 0 Å². The molecule has 3 aromatic rings. The maximum atomic E-state index is 12.7. The highest BCUT2D eigenvalue weighted by molar-refractivity contribution is 6.04. The summed E-state index contributed by atoms with van der Waals surface area (Å²) in [5.41, 5.74) is 4.41. The van der Waals surface area contributed by atoms with Crippen molar-refractivity contribution in [3.8, 4) is 11.5 Å². The van der Waals surface area contributed by atoms with Gasteiger partial charge in [0.2, 0.25) is 0 Å². The number of furan rings is 1. The smallest absolute Gasteiger partial charge is 0.259 e. The van der Waals surface area contributed by atoms with Gasteiger partial charge in [0.15, 0.2) is 0 Å². The van der Waals surface area contributed by atoms with E-state index in [4.69, 9.17) is 18.6 Å². The number of fused-ring (bicyclic) bond motifs is 3. The Kier molecular flexibility index (Phi) is 5.85. The summed E-state index contributed by atoms with van der Waals surface area (Å²) in [6.07, 6.45) is 5.79. The fourth-order valence-electron chi connectivity index (χ4n) is 5.28. The molecular formula is C27H29NO5. The van der Waals surface area contributed by atoms with Gasteiger partial charge in [0.25, 0.3) is 5.91 Å². The van der Waals surface area contributed by atoms with Crippen molar-refractivity contribution in [1.82, 2.24) is 0 Å². The second-order valence-electron chi connectivity index (χ2n) is 8.71. The molecule has 1 saturated carbocycles. The molecule has 6 heteroatoms. The molecule has 1 aromatic heterocycles. The van der Waals surface area contributed by atoms with E-state index in [0.717, 1.165) is 41.9 Å². The predicted octanol–water partition coefficient (Wildman–Crippen LogP) is 6.00. The number of hydrogen-bond donors (Lipinski definition) is 1. The molecule has 1 aliphatic heterocycles. The number of ether oxygens (including phenoxy) is 3. The molecule has 1 N–H and O–H groups in total. The number of amides is 1. The van der Waals surface area contributed by atoms with E-state index in [1.54, 1.807) is 27.2 Å². The van der Waals surface area contributed by atoms with Crippen LogP contribution in [0, 0.1) is 6.92 Å². The molecule has 0 bridgehead atoms. The summed E-state index contributed by atoms with van der Waals surface area (Å²) in [6, 6.07) is 13.5. The van der Waals surface area contributed by atoms with Crippen molar-refractivity contribution in [3.05, 3.63) is 76.7 Å². The lowest BCUT2D eigenvalue weighted by Gasteiger charge is -2.42. The third-order valence-electron chi connectivity index (χ3n) is 6.84. The first kappa shape index (κ1) is 21.6. The van der Waals surface area contributed by atoms with E-state index in [-0.39, 0.29) is 18.1 Å². The first-order valence-corrected chi connectivity index (χ1v) is 11.5. The lowest BCUT2D eigenvalue weighted by molar-refractivity contribution is -0.0406. The molecule has 0 spiro atoms. The zero-order valence-electron chi connectivity index (χ0n) is 19.2. The molecule has 0 saturated heterocycles. The fourth-order valence-corrected chi connectivity index (χ4v) is 5.28. The van der Waals surface area contributed by atoms with Crippen LogP contribution in [0.15, 0.2) is 53.1 Å². The van der Waals surface area contributed by atoms with Crippen molar-refractivity contribution in [2.24, 2.45) is 0 Å². The minimum Gasteiger partial charge on any atom is -0.496 e. The first-order valence-electron chi connectivity index (χ1n) is 11.5. The number of methoxy groups -OCH3 is 2. The van der Waals surface area contributed by atoms with Gasteiger partial charge in [-0.1, -0.05) is 25.0 Å². The summed E-state index contributed by atoms with van der Waals surface area (Å²) in [4.78, 5) is 12.7. The summed E-state index contributed by atoms with van der Waals surface area (Å²) in [5.74, 6) is 2.37. The maximum absolute atomic E-state index is 12.7. The summed E-state index contributed by atoms with van der Waals surface area (Å²) in [7, 11) is 3.41. The van der Waals surface area contributed by atoms with Gasteiger partial charge in [0.1, 0.15) is 23.4 Å². The van der Waals surface area contributed by atoms with Crippen molar-refractivity contribution in [1.29, 1.82) is 0 Å². The quantitative estimate of drug-likeness (QED) is 0.519. The number of nitrogens with one attached hydrogen (secondary N) is 1. The van der Waals surface area contributed by atoms with Crippen molar-refractivity contribution < 1.29 is 23.4 Å². The molecule has 1 fully saturated rings. The number of benzene rings is 2. The van der Waals surface area contributed by atoms with Crippen LogP contribution in [0.5, 0.6) is 11.5 Å². The standard InChI is InChI=1S/C27H29NO5/c1-16-19(13-14-32-16)27(29)28-18-8-6-7-17(15-18)26-25-23(31-3)12-11-22(30-2)24(25)20-9-4-5-10-21(20)33-26/h6-8,11-15,20-21,26H,4-5,9-10H2,1-3H3,(H,28,29)/t20-,21-,26-/m1/s1. The molecule has 2 aliphatic rings. The van der Waals surface area contributed by atoms with Gasteiger partial charge in [-0.3, -0.25) is 4.79 Å². The van der Waals surface area contributed by atoms with E-state index in [2.05, 4.69) is 5.32 Å². The second kappa shape index (κ2) is 8.94. The van der Waals surface area contributed by atoms with Crippen molar-refractivity contribution in [2.75, 3.05) is 19.5 Å². The van der Waals surface area contributed by atoms with Crippen LogP contribution in [0.3, 0.4) is 0 Å². The number of hydrogen-bond acceptors (Lipinski definition) is 5. The van der Waals surface area contributed by atoms with Crippen LogP contribution in [0.4, 0.5) is 5.69 Å². The number of aryl methyl sites for hydroxylation is 1. The van der Waals surface area contributed by atoms with E-state index in [1.165, 1.54) is 18.2 Å². The minimum atomic E-state index is -0.308. The van der Waals surface area contributed by atoms with Gasteiger partial charge in [-0.05, 0) is 55.7 Å².